The Morgan fingerprint density at radius 3 is 2.27 bits per heavy atom. The number of nitrogens with zero attached hydrogens (tertiary/aromatic N) is 2. The largest absolute Gasteiger partial charge is 1.00 e. The Balaban J connectivity index is 0.00000242. The van der Waals surface area contributed by atoms with Gasteiger partial charge < -0.3 is 10.1 Å². The standard InChI is InChI=1S/C12H11N3O5S.K/c1-7-6-10(16)13-12(17)11(7)15-14-8-2-4-9(5-3-8)21(18,19)20;/h2-6H,1H3,(H2,13,16,17)(H,18,19,20);/q;+1/p-1. The number of benzene rings is 1. The molecule has 0 spiro atoms. The van der Waals surface area contributed by atoms with Crippen LogP contribution in [0.1, 0.15) is 5.56 Å². The second-order valence-electron chi connectivity index (χ2n) is 4.16. The van der Waals surface area contributed by atoms with Crippen molar-refractivity contribution >= 4 is 21.5 Å². The molecule has 2 rings (SSSR count). The number of hydrogen-bond donors (Lipinski definition) is 2. The van der Waals surface area contributed by atoms with Crippen molar-refractivity contribution in [3.8, 4) is 5.88 Å². The van der Waals surface area contributed by atoms with Gasteiger partial charge in [-0.1, -0.05) is 0 Å². The first-order chi connectivity index (χ1) is 9.77. The van der Waals surface area contributed by atoms with Crippen molar-refractivity contribution in [2.24, 2.45) is 10.2 Å². The SMILES string of the molecule is Cc1cc([O-])[nH]c(=O)c1N=Nc1ccc(S(=O)(=O)O)cc1.[K+]. The van der Waals surface area contributed by atoms with E-state index in [0.29, 0.717) is 5.56 Å². The zero-order valence-corrected chi connectivity index (χ0v) is 15.7. The number of aromatic amines is 1. The predicted octanol–water partition coefficient (Wildman–Crippen LogP) is -1.58. The Morgan fingerprint density at radius 2 is 1.77 bits per heavy atom. The van der Waals surface area contributed by atoms with Gasteiger partial charge >= 0.3 is 51.4 Å². The molecule has 0 aliphatic heterocycles. The number of rotatable bonds is 3. The van der Waals surface area contributed by atoms with Gasteiger partial charge in [0.1, 0.15) is 0 Å². The Morgan fingerprint density at radius 1 is 1.18 bits per heavy atom. The fourth-order valence-electron chi connectivity index (χ4n) is 1.57. The smallest absolute Gasteiger partial charge is 0.860 e. The van der Waals surface area contributed by atoms with Gasteiger partial charge in [0.2, 0.25) is 0 Å². The normalized spacial score (nSPS) is 11.4. The Bertz CT molecular complexity index is 859. The molecule has 0 aliphatic carbocycles. The molecule has 0 atom stereocenters. The fraction of sp³-hybridized carbons (Fsp3) is 0.0833. The van der Waals surface area contributed by atoms with Gasteiger partial charge in [0.25, 0.3) is 15.7 Å². The average molecular weight is 347 g/mol. The predicted molar refractivity (Wildman–Crippen MR) is 71.7 cm³/mol. The molecule has 0 fully saturated rings. The molecule has 0 radical (unpaired) electrons. The van der Waals surface area contributed by atoms with Crippen LogP contribution in [-0.2, 0) is 10.1 Å². The molecule has 2 aromatic rings. The van der Waals surface area contributed by atoms with E-state index < -0.39 is 21.6 Å². The van der Waals surface area contributed by atoms with E-state index in [0.717, 1.165) is 12.1 Å². The third-order valence-corrected chi connectivity index (χ3v) is 3.44. The summed E-state index contributed by atoms with van der Waals surface area (Å²) >= 11 is 0. The quantitative estimate of drug-likeness (QED) is 0.392. The van der Waals surface area contributed by atoms with E-state index >= 15 is 0 Å². The summed E-state index contributed by atoms with van der Waals surface area (Å²) in [4.78, 5) is 13.3. The summed E-state index contributed by atoms with van der Waals surface area (Å²) < 4.78 is 30.6. The monoisotopic (exact) mass is 347 g/mol. The van der Waals surface area contributed by atoms with E-state index in [1.807, 2.05) is 0 Å². The van der Waals surface area contributed by atoms with E-state index in [1.54, 1.807) is 6.92 Å². The zero-order chi connectivity index (χ0) is 15.6. The number of azo groups is 1. The van der Waals surface area contributed by atoms with Crippen LogP contribution in [0.15, 0.2) is 50.3 Å². The van der Waals surface area contributed by atoms with Crippen LogP contribution in [0.5, 0.6) is 5.88 Å². The van der Waals surface area contributed by atoms with Gasteiger partial charge in [-0.2, -0.15) is 13.5 Å². The van der Waals surface area contributed by atoms with Gasteiger partial charge in [-0.3, -0.25) is 9.35 Å². The Hall–Kier alpha value is -0.884. The Labute approximate surface area is 168 Å². The molecule has 8 nitrogen and oxygen atoms in total. The van der Waals surface area contributed by atoms with Crippen LogP contribution >= 0.6 is 0 Å². The molecular formula is C12H10KN3O5S. The van der Waals surface area contributed by atoms with Crippen LogP contribution in [0.25, 0.3) is 0 Å². The van der Waals surface area contributed by atoms with E-state index in [-0.39, 0.29) is 67.7 Å². The molecule has 22 heavy (non-hydrogen) atoms. The Kier molecular flexibility index (Phi) is 6.61. The fourth-order valence-corrected chi connectivity index (χ4v) is 2.05. The van der Waals surface area contributed by atoms with Crippen molar-refractivity contribution in [3.63, 3.8) is 0 Å². The zero-order valence-electron chi connectivity index (χ0n) is 11.8. The molecule has 10 heteroatoms. The summed E-state index contributed by atoms with van der Waals surface area (Å²) in [6.07, 6.45) is 0. The van der Waals surface area contributed by atoms with Crippen LogP contribution in [0, 0.1) is 6.92 Å². The van der Waals surface area contributed by atoms with Gasteiger partial charge in [-0.15, -0.1) is 5.11 Å². The molecule has 0 amide bonds. The summed E-state index contributed by atoms with van der Waals surface area (Å²) in [6.45, 7) is 1.55. The molecule has 0 bridgehead atoms. The summed E-state index contributed by atoms with van der Waals surface area (Å²) in [5, 5.41) is 18.6. The van der Waals surface area contributed by atoms with E-state index in [2.05, 4.69) is 15.2 Å². The molecule has 0 saturated carbocycles. The maximum absolute atomic E-state index is 11.5. The average Bonchev–Trinajstić information content (AvgIpc) is 2.37. The van der Waals surface area contributed by atoms with E-state index in [9.17, 15) is 18.3 Å². The first-order valence-corrected chi connectivity index (χ1v) is 7.11. The van der Waals surface area contributed by atoms with Gasteiger partial charge in [-0.25, -0.2) is 0 Å². The van der Waals surface area contributed by atoms with Gasteiger partial charge in [0.15, 0.2) is 5.69 Å². The van der Waals surface area contributed by atoms with Crippen molar-refractivity contribution in [3.05, 3.63) is 46.2 Å². The van der Waals surface area contributed by atoms with Crippen molar-refractivity contribution < 1.29 is 69.5 Å². The number of H-pyrrole nitrogens is 1. The first kappa shape index (κ1) is 19.2. The van der Waals surface area contributed by atoms with Crippen molar-refractivity contribution in [1.29, 1.82) is 0 Å². The summed E-state index contributed by atoms with van der Waals surface area (Å²) in [5.41, 5.74) is 0.00113. The van der Waals surface area contributed by atoms with E-state index in [1.165, 1.54) is 18.2 Å². The summed E-state index contributed by atoms with van der Waals surface area (Å²) in [6, 6.07) is 6.16. The molecule has 2 N–H and O–H groups in total. The number of aryl methyl sites for hydroxylation is 1. The van der Waals surface area contributed by atoms with Crippen LogP contribution < -0.4 is 62.1 Å². The molecule has 110 valence electrons. The van der Waals surface area contributed by atoms with Gasteiger partial charge in [0.05, 0.1) is 10.6 Å². The number of nitrogens with one attached hydrogen (secondary N) is 1. The minimum Gasteiger partial charge on any atom is -0.860 e. The third kappa shape index (κ3) is 4.81. The molecule has 1 heterocycles. The third-order valence-electron chi connectivity index (χ3n) is 2.57. The van der Waals surface area contributed by atoms with Crippen molar-refractivity contribution in [2.75, 3.05) is 0 Å². The second-order valence-corrected chi connectivity index (χ2v) is 5.58. The molecule has 0 aliphatic rings. The number of aromatic nitrogens is 1. The summed E-state index contributed by atoms with van der Waals surface area (Å²) in [7, 11) is -4.27. The van der Waals surface area contributed by atoms with Crippen LogP contribution in [0.3, 0.4) is 0 Å². The number of pyridine rings is 1. The number of hydrogen-bond acceptors (Lipinski definition) is 6. The maximum atomic E-state index is 11.5. The first-order valence-electron chi connectivity index (χ1n) is 5.67. The van der Waals surface area contributed by atoms with Gasteiger partial charge in [-0.05, 0) is 48.7 Å². The van der Waals surface area contributed by atoms with Crippen LogP contribution in [-0.4, -0.2) is 18.0 Å². The van der Waals surface area contributed by atoms with Crippen LogP contribution in [0.2, 0.25) is 0 Å². The summed E-state index contributed by atoms with van der Waals surface area (Å²) in [5.74, 6) is -0.519. The topological polar surface area (TPSA) is 135 Å². The van der Waals surface area contributed by atoms with E-state index in [4.69, 9.17) is 4.55 Å². The molecule has 0 saturated heterocycles. The minimum atomic E-state index is -4.27. The molecule has 1 aromatic carbocycles. The molecule has 0 unspecified atom stereocenters. The molecule has 1 aromatic heterocycles. The maximum Gasteiger partial charge on any atom is 1.00 e. The second kappa shape index (κ2) is 7.59. The van der Waals surface area contributed by atoms with Gasteiger partial charge in [0, 0.05) is 0 Å². The van der Waals surface area contributed by atoms with Crippen LogP contribution in [0.4, 0.5) is 11.4 Å². The van der Waals surface area contributed by atoms with Crippen molar-refractivity contribution in [2.45, 2.75) is 11.8 Å². The minimum absolute atomic E-state index is 0. The van der Waals surface area contributed by atoms with Crippen molar-refractivity contribution in [1.82, 2.24) is 4.98 Å². The molecular weight excluding hydrogens is 337 g/mol.